The lowest BCUT2D eigenvalue weighted by Gasteiger charge is -2.19. The van der Waals surface area contributed by atoms with Gasteiger partial charge in [-0.15, -0.1) is 0 Å². The Hall–Kier alpha value is -1.44. The lowest BCUT2D eigenvalue weighted by atomic mass is 10.1. The van der Waals surface area contributed by atoms with Crippen LogP contribution in [0.3, 0.4) is 0 Å². The predicted molar refractivity (Wildman–Crippen MR) is 92.6 cm³/mol. The zero-order valence-corrected chi connectivity index (χ0v) is 15.4. The maximum absolute atomic E-state index is 12.6. The third kappa shape index (κ3) is 4.15. The second-order valence-electron chi connectivity index (χ2n) is 5.91. The molecule has 1 atom stereocenters. The van der Waals surface area contributed by atoms with E-state index in [-0.39, 0.29) is 16.9 Å². The number of nitrogens with zero attached hydrogens (tertiary/aromatic N) is 1. The summed E-state index contributed by atoms with van der Waals surface area (Å²) in [6.07, 6.45) is 2.00. The molecule has 7 heteroatoms. The quantitative estimate of drug-likeness (QED) is 0.812. The van der Waals surface area contributed by atoms with Gasteiger partial charge in [0.05, 0.1) is 11.0 Å². The number of benzene rings is 1. The van der Waals surface area contributed by atoms with Gasteiger partial charge < -0.3 is 10.1 Å². The first-order valence-corrected chi connectivity index (χ1v) is 9.84. The van der Waals surface area contributed by atoms with Crippen LogP contribution in [0.15, 0.2) is 23.1 Å². The predicted octanol–water partition coefficient (Wildman–Crippen LogP) is 1.93. The van der Waals surface area contributed by atoms with Crippen molar-refractivity contribution in [2.75, 3.05) is 26.2 Å². The van der Waals surface area contributed by atoms with Gasteiger partial charge in [0.1, 0.15) is 0 Å². The minimum Gasteiger partial charge on any atom is -0.376 e. The SMILES string of the molecule is CCN(CC)S(=O)(=O)c1ccc(C)c(C(=O)NC[C@@H]2CCCO2)c1. The number of amides is 1. The molecule has 1 fully saturated rings. The second kappa shape index (κ2) is 8.09. The number of sulfonamides is 1. The Morgan fingerprint density at radius 2 is 2.04 bits per heavy atom. The molecule has 134 valence electrons. The number of carbonyl (C=O) groups is 1. The molecule has 1 aromatic carbocycles. The molecule has 6 nitrogen and oxygen atoms in total. The molecule has 1 heterocycles. The van der Waals surface area contributed by atoms with Gasteiger partial charge in [0.2, 0.25) is 10.0 Å². The fourth-order valence-corrected chi connectivity index (χ4v) is 4.31. The van der Waals surface area contributed by atoms with Gasteiger partial charge in [-0.25, -0.2) is 8.42 Å². The summed E-state index contributed by atoms with van der Waals surface area (Å²) in [5.74, 6) is -0.264. The third-order valence-electron chi connectivity index (χ3n) is 4.31. The molecule has 1 aliphatic heterocycles. The van der Waals surface area contributed by atoms with Gasteiger partial charge in [0.15, 0.2) is 0 Å². The molecule has 0 aliphatic carbocycles. The van der Waals surface area contributed by atoms with Crippen molar-refractivity contribution in [2.45, 2.75) is 44.6 Å². The lowest BCUT2D eigenvalue weighted by molar-refractivity contribution is 0.0857. The number of rotatable bonds is 7. The van der Waals surface area contributed by atoms with Gasteiger partial charge in [-0.05, 0) is 37.5 Å². The van der Waals surface area contributed by atoms with Crippen LogP contribution in [-0.4, -0.2) is 51.0 Å². The first-order valence-electron chi connectivity index (χ1n) is 8.40. The average molecular weight is 354 g/mol. The van der Waals surface area contributed by atoms with E-state index in [1.807, 2.05) is 0 Å². The van der Waals surface area contributed by atoms with Crippen LogP contribution in [0.5, 0.6) is 0 Å². The van der Waals surface area contributed by atoms with Gasteiger partial charge in [-0.1, -0.05) is 19.9 Å². The Balaban J connectivity index is 2.19. The molecule has 1 saturated heterocycles. The highest BCUT2D eigenvalue weighted by atomic mass is 32.2. The van der Waals surface area contributed by atoms with Crippen molar-refractivity contribution in [1.82, 2.24) is 9.62 Å². The summed E-state index contributed by atoms with van der Waals surface area (Å²) >= 11 is 0. The fourth-order valence-electron chi connectivity index (χ4n) is 2.83. The molecule has 0 bridgehead atoms. The molecular formula is C17H26N2O4S. The van der Waals surface area contributed by atoms with E-state index in [0.717, 1.165) is 25.0 Å². The standard InChI is InChI=1S/C17H26N2O4S/c1-4-19(5-2)24(21,22)15-9-8-13(3)16(11-15)17(20)18-12-14-7-6-10-23-14/h8-9,11,14H,4-7,10,12H2,1-3H3,(H,18,20)/t14-/m0/s1. The summed E-state index contributed by atoms with van der Waals surface area (Å²) in [6.45, 7) is 7.37. The molecule has 0 spiro atoms. The molecule has 0 saturated carbocycles. The normalized spacial score (nSPS) is 18.1. The third-order valence-corrected chi connectivity index (χ3v) is 6.36. The number of carbonyl (C=O) groups excluding carboxylic acids is 1. The first-order chi connectivity index (χ1) is 11.4. The van der Waals surface area contributed by atoms with Crippen molar-refractivity contribution in [2.24, 2.45) is 0 Å². The molecule has 1 aromatic rings. The van der Waals surface area contributed by atoms with E-state index < -0.39 is 10.0 Å². The van der Waals surface area contributed by atoms with E-state index in [0.29, 0.717) is 25.2 Å². The number of nitrogens with one attached hydrogen (secondary N) is 1. The summed E-state index contributed by atoms with van der Waals surface area (Å²) in [7, 11) is -3.58. The lowest BCUT2D eigenvalue weighted by Crippen LogP contribution is -2.33. The molecular weight excluding hydrogens is 328 g/mol. The highest BCUT2D eigenvalue weighted by Crippen LogP contribution is 2.20. The Kier molecular flexibility index (Phi) is 6.37. The van der Waals surface area contributed by atoms with Crippen LogP contribution >= 0.6 is 0 Å². The molecule has 1 aliphatic rings. The number of hydrogen-bond acceptors (Lipinski definition) is 4. The highest BCUT2D eigenvalue weighted by Gasteiger charge is 2.24. The Labute approximate surface area is 144 Å². The van der Waals surface area contributed by atoms with E-state index in [1.54, 1.807) is 32.9 Å². The molecule has 24 heavy (non-hydrogen) atoms. The van der Waals surface area contributed by atoms with Gasteiger partial charge in [0.25, 0.3) is 5.91 Å². The van der Waals surface area contributed by atoms with Gasteiger partial charge in [0, 0.05) is 31.8 Å². The zero-order chi connectivity index (χ0) is 17.7. The van der Waals surface area contributed by atoms with Gasteiger partial charge >= 0.3 is 0 Å². The zero-order valence-electron chi connectivity index (χ0n) is 14.5. The van der Waals surface area contributed by atoms with Crippen LogP contribution in [0.2, 0.25) is 0 Å². The number of ether oxygens (including phenoxy) is 1. The maximum atomic E-state index is 12.6. The highest BCUT2D eigenvalue weighted by molar-refractivity contribution is 7.89. The van der Waals surface area contributed by atoms with Crippen molar-refractivity contribution in [1.29, 1.82) is 0 Å². The number of aryl methyl sites for hydroxylation is 1. The maximum Gasteiger partial charge on any atom is 0.251 e. The van der Waals surface area contributed by atoms with Gasteiger partial charge in [-0.3, -0.25) is 4.79 Å². The largest absolute Gasteiger partial charge is 0.376 e. The summed E-state index contributed by atoms with van der Waals surface area (Å²) < 4.78 is 32.1. The van der Waals surface area contributed by atoms with E-state index in [2.05, 4.69) is 5.32 Å². The van der Waals surface area contributed by atoms with Crippen LogP contribution < -0.4 is 5.32 Å². The molecule has 1 amide bonds. The first kappa shape index (κ1) is 18.9. The number of hydrogen-bond donors (Lipinski definition) is 1. The van der Waals surface area contributed by atoms with Crippen LogP contribution in [0, 0.1) is 6.92 Å². The van der Waals surface area contributed by atoms with E-state index in [9.17, 15) is 13.2 Å². The topological polar surface area (TPSA) is 75.7 Å². The average Bonchev–Trinajstić information content (AvgIpc) is 3.07. The second-order valence-corrected chi connectivity index (χ2v) is 7.85. The minimum atomic E-state index is -3.58. The van der Waals surface area contributed by atoms with Crippen molar-refractivity contribution >= 4 is 15.9 Å². The molecule has 0 unspecified atom stereocenters. The van der Waals surface area contributed by atoms with Crippen LogP contribution in [0.1, 0.15) is 42.6 Å². The van der Waals surface area contributed by atoms with Crippen molar-refractivity contribution in [3.63, 3.8) is 0 Å². The Morgan fingerprint density at radius 1 is 1.33 bits per heavy atom. The summed E-state index contributed by atoms with van der Waals surface area (Å²) in [5.41, 5.74) is 1.14. The Bertz CT molecular complexity index is 678. The summed E-state index contributed by atoms with van der Waals surface area (Å²) in [4.78, 5) is 12.6. The van der Waals surface area contributed by atoms with Crippen molar-refractivity contribution in [3.05, 3.63) is 29.3 Å². The van der Waals surface area contributed by atoms with E-state index in [4.69, 9.17) is 4.74 Å². The van der Waals surface area contributed by atoms with Crippen molar-refractivity contribution < 1.29 is 17.9 Å². The van der Waals surface area contributed by atoms with Crippen LogP contribution in [-0.2, 0) is 14.8 Å². The monoisotopic (exact) mass is 354 g/mol. The molecule has 1 N–H and O–H groups in total. The van der Waals surface area contributed by atoms with E-state index in [1.165, 1.54) is 10.4 Å². The van der Waals surface area contributed by atoms with Crippen molar-refractivity contribution in [3.8, 4) is 0 Å². The minimum absolute atomic E-state index is 0.0526. The van der Waals surface area contributed by atoms with Crippen LogP contribution in [0.4, 0.5) is 0 Å². The summed E-state index contributed by atoms with van der Waals surface area (Å²) in [5, 5.41) is 2.85. The Morgan fingerprint density at radius 3 is 2.62 bits per heavy atom. The smallest absolute Gasteiger partial charge is 0.251 e. The van der Waals surface area contributed by atoms with Gasteiger partial charge in [-0.2, -0.15) is 4.31 Å². The van der Waals surface area contributed by atoms with E-state index >= 15 is 0 Å². The molecule has 0 aromatic heterocycles. The summed E-state index contributed by atoms with van der Waals surface area (Å²) in [6, 6.07) is 4.70. The molecule has 2 rings (SSSR count). The fraction of sp³-hybridized carbons (Fsp3) is 0.588. The van der Waals surface area contributed by atoms with Crippen LogP contribution in [0.25, 0.3) is 0 Å². The molecule has 0 radical (unpaired) electrons.